The van der Waals surface area contributed by atoms with Crippen molar-refractivity contribution < 1.29 is 33.0 Å². The number of rotatable bonds is 11. The van der Waals surface area contributed by atoms with Crippen LogP contribution in [0.5, 0.6) is 11.5 Å². The quantitative estimate of drug-likeness (QED) is 0.221. The van der Waals surface area contributed by atoms with Crippen LogP contribution in [0.1, 0.15) is 20.8 Å². The molecule has 0 heterocycles. The lowest BCUT2D eigenvalue weighted by Crippen LogP contribution is -2.37. The highest BCUT2D eigenvalue weighted by Gasteiger charge is 2.31. The van der Waals surface area contributed by atoms with Gasteiger partial charge in [0.1, 0.15) is 23.8 Å². The minimum atomic E-state index is -4.03. The standard InChI is InChI=1S/C19H22N3O9P/c1-13(2)29-19(23)14(3)20-12-32(28,30-17-8-4-15(5-9-17)21(24)25)31-18-10-6-16(7-11-18)22(26)27/h4-11,13-14,20H,12H2,1-3H3/t14-/m0/s1. The molecule has 32 heavy (non-hydrogen) atoms. The third-order valence-electron chi connectivity index (χ3n) is 3.88. The van der Waals surface area contributed by atoms with Gasteiger partial charge < -0.3 is 13.8 Å². The smallest absolute Gasteiger partial charge is 0.444 e. The van der Waals surface area contributed by atoms with Gasteiger partial charge in [-0.15, -0.1) is 0 Å². The van der Waals surface area contributed by atoms with E-state index in [2.05, 4.69) is 5.32 Å². The number of non-ortho nitro benzene ring substituents is 2. The van der Waals surface area contributed by atoms with Gasteiger partial charge in [-0.3, -0.25) is 30.3 Å². The fourth-order valence-electron chi connectivity index (χ4n) is 2.33. The molecule has 0 unspecified atom stereocenters. The van der Waals surface area contributed by atoms with E-state index in [1.54, 1.807) is 13.8 Å². The van der Waals surface area contributed by atoms with E-state index in [4.69, 9.17) is 13.8 Å². The zero-order valence-corrected chi connectivity index (χ0v) is 18.4. The summed E-state index contributed by atoms with van der Waals surface area (Å²) in [5.41, 5.74) is -0.377. The summed E-state index contributed by atoms with van der Waals surface area (Å²) in [7, 11) is -4.03. The Balaban J connectivity index is 2.21. The molecule has 0 saturated heterocycles. The van der Waals surface area contributed by atoms with E-state index in [0.29, 0.717) is 0 Å². The van der Waals surface area contributed by atoms with Gasteiger partial charge in [0.2, 0.25) is 0 Å². The van der Waals surface area contributed by atoms with Crippen LogP contribution >= 0.6 is 7.60 Å². The first-order valence-corrected chi connectivity index (χ1v) is 11.1. The van der Waals surface area contributed by atoms with Crippen molar-refractivity contribution in [3.8, 4) is 11.5 Å². The summed E-state index contributed by atoms with van der Waals surface area (Å²) in [5, 5.41) is 24.4. The average Bonchev–Trinajstić information content (AvgIpc) is 2.72. The van der Waals surface area contributed by atoms with Gasteiger partial charge >= 0.3 is 13.6 Å². The third-order valence-corrected chi connectivity index (χ3v) is 5.43. The van der Waals surface area contributed by atoms with Crippen molar-refractivity contribution in [3.63, 3.8) is 0 Å². The number of benzene rings is 2. The molecule has 13 heteroatoms. The highest BCUT2D eigenvalue weighted by molar-refractivity contribution is 7.54. The number of esters is 1. The van der Waals surface area contributed by atoms with Gasteiger partial charge in [-0.05, 0) is 45.0 Å². The van der Waals surface area contributed by atoms with Crippen LogP contribution < -0.4 is 14.4 Å². The second-order valence-electron chi connectivity index (χ2n) is 6.87. The molecule has 2 aromatic carbocycles. The molecule has 1 N–H and O–H groups in total. The van der Waals surface area contributed by atoms with Gasteiger partial charge in [-0.1, -0.05) is 0 Å². The van der Waals surface area contributed by atoms with Crippen molar-refractivity contribution in [3.05, 3.63) is 68.8 Å². The van der Waals surface area contributed by atoms with Crippen LogP contribution in [0.4, 0.5) is 11.4 Å². The largest absolute Gasteiger partial charge is 0.462 e. The SMILES string of the molecule is CC(C)OC(=O)[C@H](C)NCP(=O)(Oc1ccc([N+](=O)[O-])cc1)Oc1ccc([N+](=O)[O-])cc1. The van der Waals surface area contributed by atoms with Gasteiger partial charge in [-0.2, -0.15) is 0 Å². The summed E-state index contributed by atoms with van der Waals surface area (Å²) in [4.78, 5) is 32.4. The van der Waals surface area contributed by atoms with E-state index >= 15 is 0 Å². The normalized spacial score (nSPS) is 12.1. The van der Waals surface area contributed by atoms with E-state index in [1.807, 2.05) is 0 Å². The van der Waals surface area contributed by atoms with E-state index in [9.17, 15) is 29.6 Å². The second kappa shape index (κ2) is 10.7. The summed E-state index contributed by atoms with van der Waals surface area (Å²) in [5.74, 6) is -0.516. The fourth-order valence-corrected chi connectivity index (χ4v) is 3.88. The molecule has 0 aliphatic rings. The predicted octanol–water partition coefficient (Wildman–Crippen LogP) is 4.04. The first-order valence-electron chi connectivity index (χ1n) is 9.40. The summed E-state index contributed by atoms with van der Waals surface area (Å²) in [6.07, 6.45) is -0.763. The minimum Gasteiger partial charge on any atom is -0.462 e. The van der Waals surface area contributed by atoms with Crippen molar-refractivity contribution in [1.82, 2.24) is 5.32 Å². The lowest BCUT2D eigenvalue weighted by Gasteiger charge is -2.22. The molecule has 12 nitrogen and oxygen atoms in total. The maximum absolute atomic E-state index is 13.4. The highest BCUT2D eigenvalue weighted by Crippen LogP contribution is 2.48. The number of carbonyl (C=O) groups is 1. The highest BCUT2D eigenvalue weighted by atomic mass is 31.2. The summed E-state index contributed by atoms with van der Waals surface area (Å²) < 4.78 is 29.5. The first kappa shape index (κ1) is 24.8. The van der Waals surface area contributed by atoms with Crippen molar-refractivity contribution in [2.24, 2.45) is 0 Å². The van der Waals surface area contributed by atoms with E-state index in [0.717, 1.165) is 0 Å². The number of nitrogens with one attached hydrogen (secondary N) is 1. The zero-order chi connectivity index (χ0) is 23.9. The van der Waals surface area contributed by atoms with Gasteiger partial charge in [-0.25, -0.2) is 4.57 Å². The van der Waals surface area contributed by atoms with Crippen molar-refractivity contribution >= 4 is 24.9 Å². The average molecular weight is 467 g/mol. The molecule has 172 valence electrons. The van der Waals surface area contributed by atoms with Gasteiger partial charge in [0.05, 0.1) is 16.0 Å². The van der Waals surface area contributed by atoms with Crippen LogP contribution in [0.3, 0.4) is 0 Å². The Morgan fingerprint density at radius 3 is 1.66 bits per heavy atom. The molecule has 0 aliphatic carbocycles. The molecule has 0 saturated carbocycles. The molecule has 0 aliphatic heterocycles. The molecule has 0 bridgehead atoms. The van der Waals surface area contributed by atoms with E-state index in [-0.39, 0.29) is 29.0 Å². The third kappa shape index (κ3) is 7.33. The lowest BCUT2D eigenvalue weighted by atomic mass is 10.3. The van der Waals surface area contributed by atoms with Crippen LogP contribution in [0.25, 0.3) is 0 Å². The number of hydrogen-bond donors (Lipinski definition) is 1. The number of nitro benzene ring substituents is 2. The second-order valence-corrected chi connectivity index (χ2v) is 8.77. The number of ether oxygens (including phenoxy) is 1. The van der Waals surface area contributed by atoms with Crippen molar-refractivity contribution in [2.75, 3.05) is 6.29 Å². The summed E-state index contributed by atoms with van der Waals surface area (Å²) in [6, 6.07) is 8.83. The summed E-state index contributed by atoms with van der Waals surface area (Å²) >= 11 is 0. The molecule has 0 spiro atoms. The Labute approximate surface area is 183 Å². The van der Waals surface area contributed by atoms with Gasteiger partial charge in [0, 0.05) is 24.3 Å². The maximum atomic E-state index is 13.4. The summed E-state index contributed by atoms with van der Waals surface area (Å²) in [6.45, 7) is 4.88. The zero-order valence-electron chi connectivity index (χ0n) is 17.5. The number of carbonyl (C=O) groups excluding carboxylic acids is 1. The molecule has 2 aromatic rings. The van der Waals surface area contributed by atoms with Gasteiger partial charge in [0.25, 0.3) is 11.4 Å². The number of nitrogens with zero attached hydrogens (tertiary/aromatic N) is 2. The lowest BCUT2D eigenvalue weighted by molar-refractivity contribution is -0.385. The number of nitro groups is 2. The van der Waals surface area contributed by atoms with Crippen LogP contribution in [0.15, 0.2) is 48.5 Å². The molecule has 0 fully saturated rings. The van der Waals surface area contributed by atoms with Crippen molar-refractivity contribution in [2.45, 2.75) is 32.9 Å². The van der Waals surface area contributed by atoms with Crippen LogP contribution in [0.2, 0.25) is 0 Å². The Morgan fingerprint density at radius 2 is 1.31 bits per heavy atom. The molecule has 2 rings (SSSR count). The monoisotopic (exact) mass is 467 g/mol. The Hall–Kier alpha value is -3.50. The minimum absolute atomic E-state index is 0.0278. The van der Waals surface area contributed by atoms with Gasteiger partial charge in [0.15, 0.2) is 0 Å². The molecule has 0 aromatic heterocycles. The van der Waals surface area contributed by atoms with E-state index < -0.39 is 35.7 Å². The topological polar surface area (TPSA) is 160 Å². The van der Waals surface area contributed by atoms with Crippen LogP contribution in [-0.2, 0) is 14.1 Å². The molecule has 0 amide bonds. The Kier molecular flexibility index (Phi) is 8.27. The molecule has 0 radical (unpaired) electrons. The first-order chi connectivity index (χ1) is 15.0. The molecular formula is C19H22N3O9P. The fraction of sp³-hybridized carbons (Fsp3) is 0.316. The Morgan fingerprint density at radius 1 is 0.906 bits per heavy atom. The Bertz CT molecular complexity index is 946. The molecule has 1 atom stereocenters. The molecular weight excluding hydrogens is 445 g/mol. The predicted molar refractivity (Wildman–Crippen MR) is 114 cm³/mol. The van der Waals surface area contributed by atoms with Crippen molar-refractivity contribution in [1.29, 1.82) is 0 Å². The van der Waals surface area contributed by atoms with Crippen LogP contribution in [0, 0.1) is 20.2 Å². The van der Waals surface area contributed by atoms with Crippen LogP contribution in [-0.4, -0.2) is 34.2 Å². The number of hydrogen-bond acceptors (Lipinski definition) is 10. The maximum Gasteiger partial charge on any atom is 0.444 e. The van der Waals surface area contributed by atoms with E-state index in [1.165, 1.54) is 55.5 Å².